The second-order valence-corrected chi connectivity index (χ2v) is 6.09. The van der Waals surface area contributed by atoms with Gasteiger partial charge >= 0.3 is 12.1 Å². The topological polar surface area (TPSA) is 108 Å². The monoisotopic (exact) mass is 429 g/mol. The van der Waals surface area contributed by atoms with Crippen LogP contribution in [0.1, 0.15) is 11.1 Å². The number of carboxylic acid groups (broad SMARTS) is 1. The second-order valence-electron chi connectivity index (χ2n) is 6.09. The Balaban J connectivity index is 0.00000300. The summed E-state index contributed by atoms with van der Waals surface area (Å²) in [6, 6.07) is 7.82. The molecule has 0 saturated heterocycles. The van der Waals surface area contributed by atoms with Crippen molar-refractivity contribution in [1.29, 1.82) is 0 Å². The standard InChI is InChI=1S/C18H14F3N3O4.ClH/c19-18(20,21)11-5-6-14(16(8-11)24(27)28)23-15(17(25)26)7-10-9-22-13-4-2-1-3-12(10)13;/h1-6,8-9,15,22-23H,7H2,(H,25,26);1H. The number of fused-ring (bicyclic) bond motifs is 1. The summed E-state index contributed by atoms with van der Waals surface area (Å²) in [5.41, 5.74) is -0.884. The van der Waals surface area contributed by atoms with Crippen molar-refractivity contribution in [3.63, 3.8) is 0 Å². The number of hydrogen-bond acceptors (Lipinski definition) is 4. The predicted molar refractivity (Wildman–Crippen MR) is 102 cm³/mol. The van der Waals surface area contributed by atoms with Crippen LogP contribution in [-0.2, 0) is 17.4 Å². The highest BCUT2D eigenvalue weighted by atomic mass is 35.5. The number of nitrogens with one attached hydrogen (secondary N) is 2. The van der Waals surface area contributed by atoms with E-state index in [1.165, 1.54) is 0 Å². The van der Waals surface area contributed by atoms with Gasteiger partial charge in [-0.15, -0.1) is 12.4 Å². The van der Waals surface area contributed by atoms with Crippen LogP contribution < -0.4 is 5.32 Å². The van der Waals surface area contributed by atoms with Crippen LogP contribution in [0.5, 0.6) is 0 Å². The smallest absolute Gasteiger partial charge is 0.416 e. The third kappa shape index (κ3) is 4.77. The van der Waals surface area contributed by atoms with Gasteiger partial charge in [0.05, 0.1) is 10.5 Å². The lowest BCUT2D eigenvalue weighted by molar-refractivity contribution is -0.384. The lowest BCUT2D eigenvalue weighted by atomic mass is 10.0. The van der Waals surface area contributed by atoms with Crippen molar-refractivity contribution in [3.8, 4) is 0 Å². The Bertz CT molecular complexity index is 1050. The maximum absolute atomic E-state index is 12.8. The molecule has 29 heavy (non-hydrogen) atoms. The highest BCUT2D eigenvalue weighted by Crippen LogP contribution is 2.35. The van der Waals surface area contributed by atoms with Crippen LogP contribution in [-0.4, -0.2) is 27.0 Å². The molecular formula is C18H15ClF3N3O4. The minimum Gasteiger partial charge on any atom is -0.480 e. The summed E-state index contributed by atoms with van der Waals surface area (Å²) in [6.45, 7) is 0. The van der Waals surface area contributed by atoms with Gasteiger partial charge in [0.25, 0.3) is 5.69 Å². The van der Waals surface area contributed by atoms with E-state index in [-0.39, 0.29) is 24.5 Å². The number of alkyl halides is 3. The van der Waals surface area contributed by atoms with Crippen molar-refractivity contribution in [3.05, 3.63) is 69.9 Å². The summed E-state index contributed by atoms with van der Waals surface area (Å²) >= 11 is 0. The summed E-state index contributed by atoms with van der Waals surface area (Å²) < 4.78 is 38.4. The largest absolute Gasteiger partial charge is 0.480 e. The Labute approximate surface area is 168 Å². The van der Waals surface area contributed by atoms with Crippen molar-refractivity contribution in [2.24, 2.45) is 0 Å². The summed E-state index contributed by atoms with van der Waals surface area (Å²) in [5, 5.41) is 24.0. The van der Waals surface area contributed by atoms with Gasteiger partial charge in [0.15, 0.2) is 0 Å². The molecule has 0 bridgehead atoms. The van der Waals surface area contributed by atoms with Crippen molar-refractivity contribution in [1.82, 2.24) is 4.98 Å². The molecule has 11 heteroatoms. The second kappa shape index (κ2) is 8.39. The molecule has 0 aliphatic carbocycles. The molecule has 0 aliphatic heterocycles. The Morgan fingerprint density at radius 3 is 2.55 bits per heavy atom. The number of anilines is 1. The van der Waals surface area contributed by atoms with Gasteiger partial charge in [-0.2, -0.15) is 13.2 Å². The number of aliphatic carboxylic acids is 1. The van der Waals surface area contributed by atoms with Gasteiger partial charge in [-0.05, 0) is 23.8 Å². The van der Waals surface area contributed by atoms with Gasteiger partial charge in [-0.25, -0.2) is 4.79 Å². The lowest BCUT2D eigenvalue weighted by Gasteiger charge is -2.16. The van der Waals surface area contributed by atoms with E-state index < -0.39 is 34.4 Å². The molecule has 0 amide bonds. The first-order chi connectivity index (χ1) is 13.2. The number of carbonyl (C=O) groups is 1. The summed E-state index contributed by atoms with van der Waals surface area (Å²) in [6.07, 6.45) is -3.15. The van der Waals surface area contributed by atoms with Crippen molar-refractivity contribution in [2.45, 2.75) is 18.6 Å². The minimum atomic E-state index is -4.75. The zero-order valence-electron chi connectivity index (χ0n) is 14.6. The van der Waals surface area contributed by atoms with E-state index in [2.05, 4.69) is 10.3 Å². The Hall–Kier alpha value is -3.27. The van der Waals surface area contributed by atoms with E-state index >= 15 is 0 Å². The number of nitro benzene ring substituents is 1. The zero-order chi connectivity index (χ0) is 20.5. The molecule has 3 rings (SSSR count). The van der Waals surface area contributed by atoms with Crippen molar-refractivity contribution >= 4 is 40.7 Å². The third-order valence-electron chi connectivity index (χ3n) is 4.25. The molecule has 0 radical (unpaired) electrons. The number of halogens is 4. The molecule has 0 saturated carbocycles. The number of hydrogen-bond donors (Lipinski definition) is 3. The van der Waals surface area contributed by atoms with Gasteiger partial charge in [-0.3, -0.25) is 10.1 Å². The van der Waals surface area contributed by atoms with Crippen LogP contribution >= 0.6 is 12.4 Å². The highest BCUT2D eigenvalue weighted by molar-refractivity contribution is 5.86. The number of nitro groups is 1. The molecule has 3 N–H and O–H groups in total. The first-order valence-corrected chi connectivity index (χ1v) is 8.07. The van der Waals surface area contributed by atoms with E-state index in [0.717, 1.165) is 17.0 Å². The minimum absolute atomic E-state index is 0. The van der Waals surface area contributed by atoms with Crippen LogP contribution in [0.4, 0.5) is 24.5 Å². The molecule has 1 heterocycles. The average molecular weight is 430 g/mol. The van der Waals surface area contributed by atoms with E-state index in [4.69, 9.17) is 0 Å². The van der Waals surface area contributed by atoms with Crippen molar-refractivity contribution < 1.29 is 28.0 Å². The van der Waals surface area contributed by atoms with Gasteiger partial charge in [0, 0.05) is 29.6 Å². The first kappa shape index (κ1) is 22.0. The molecule has 3 aromatic rings. The van der Waals surface area contributed by atoms with Crippen LogP contribution in [0.2, 0.25) is 0 Å². The Morgan fingerprint density at radius 1 is 1.24 bits per heavy atom. The van der Waals surface area contributed by atoms with Crippen LogP contribution in [0, 0.1) is 10.1 Å². The first-order valence-electron chi connectivity index (χ1n) is 8.07. The molecular weight excluding hydrogens is 415 g/mol. The number of aromatic nitrogens is 1. The molecule has 0 fully saturated rings. The molecule has 154 valence electrons. The molecule has 1 aromatic heterocycles. The number of carboxylic acids is 1. The quantitative estimate of drug-likeness (QED) is 0.391. The SMILES string of the molecule is Cl.O=C(O)C(Cc1c[nH]c2ccccc12)Nc1ccc(C(F)(F)F)cc1[N+](=O)[O-]. The number of H-pyrrole nitrogens is 1. The van der Waals surface area contributed by atoms with Crippen LogP contribution in [0.25, 0.3) is 10.9 Å². The number of aromatic amines is 1. The predicted octanol–water partition coefficient (Wildman–Crippen LogP) is 4.62. The molecule has 1 unspecified atom stereocenters. The number of nitrogens with zero attached hydrogens (tertiary/aromatic N) is 1. The van der Waals surface area contributed by atoms with Crippen LogP contribution in [0.3, 0.4) is 0 Å². The number of para-hydroxylation sites is 1. The summed E-state index contributed by atoms with van der Waals surface area (Å²) in [4.78, 5) is 24.9. The van der Waals surface area contributed by atoms with E-state index in [9.17, 15) is 33.2 Å². The fourth-order valence-corrected chi connectivity index (χ4v) is 2.89. The maximum atomic E-state index is 12.8. The fraction of sp³-hybridized carbons (Fsp3) is 0.167. The third-order valence-corrected chi connectivity index (χ3v) is 4.25. The molecule has 1 atom stereocenters. The van der Waals surface area contributed by atoms with Gasteiger partial charge in [0.2, 0.25) is 0 Å². The van der Waals surface area contributed by atoms with Gasteiger partial charge in [0.1, 0.15) is 11.7 Å². The molecule has 0 aliphatic rings. The van der Waals surface area contributed by atoms with Crippen LogP contribution in [0.15, 0.2) is 48.7 Å². The van der Waals surface area contributed by atoms with E-state index in [0.29, 0.717) is 17.7 Å². The average Bonchev–Trinajstić information content (AvgIpc) is 3.03. The van der Waals surface area contributed by atoms with Gasteiger partial charge in [-0.1, -0.05) is 18.2 Å². The highest BCUT2D eigenvalue weighted by Gasteiger charge is 2.33. The molecule has 7 nitrogen and oxygen atoms in total. The molecule has 2 aromatic carbocycles. The van der Waals surface area contributed by atoms with Crippen molar-refractivity contribution in [2.75, 3.05) is 5.32 Å². The Morgan fingerprint density at radius 2 is 1.93 bits per heavy atom. The van der Waals surface area contributed by atoms with E-state index in [1.54, 1.807) is 24.4 Å². The Kier molecular flexibility index (Phi) is 6.38. The van der Waals surface area contributed by atoms with Gasteiger partial charge < -0.3 is 15.4 Å². The zero-order valence-corrected chi connectivity index (χ0v) is 15.4. The molecule has 0 spiro atoms. The van der Waals surface area contributed by atoms with E-state index in [1.807, 2.05) is 6.07 Å². The lowest BCUT2D eigenvalue weighted by Crippen LogP contribution is -2.31. The summed E-state index contributed by atoms with van der Waals surface area (Å²) in [7, 11) is 0. The fourth-order valence-electron chi connectivity index (χ4n) is 2.89. The normalized spacial score (nSPS) is 12.2. The number of benzene rings is 2. The maximum Gasteiger partial charge on any atom is 0.416 e. The number of rotatable bonds is 6. The summed E-state index contributed by atoms with van der Waals surface area (Å²) in [5.74, 6) is -1.29.